The van der Waals surface area contributed by atoms with Crippen LogP contribution in [-0.4, -0.2) is 53.4 Å². The summed E-state index contributed by atoms with van der Waals surface area (Å²) in [6.07, 6.45) is 2.49. The summed E-state index contributed by atoms with van der Waals surface area (Å²) in [5, 5.41) is 3.07. The van der Waals surface area contributed by atoms with Crippen LogP contribution in [0.15, 0.2) is 48.5 Å². The number of anilines is 1. The fourth-order valence-corrected chi connectivity index (χ4v) is 3.79. The first-order chi connectivity index (χ1) is 14.1. The standard InChI is InChI=1S/C23H31N3O3/c1-25(2)19-11-9-18(10-12-19)22(26-13-4-5-14-26)16-24-23(27)17-29-21-8-6-7-20(15-21)28-3/h6-12,15,22H,4-5,13-14,16-17H2,1-3H3,(H,24,27)/p+1/t22-/m1/s1. The fraction of sp³-hybridized carbons (Fsp3) is 0.435. The number of carbonyl (C=O) groups is 1. The number of nitrogens with one attached hydrogen (secondary N) is 2. The number of rotatable bonds is 9. The molecule has 2 aromatic carbocycles. The molecular weight excluding hydrogens is 366 g/mol. The van der Waals surface area contributed by atoms with E-state index in [0.717, 1.165) is 13.1 Å². The molecule has 0 bridgehead atoms. The molecule has 0 spiro atoms. The highest BCUT2D eigenvalue weighted by molar-refractivity contribution is 5.77. The Hall–Kier alpha value is -2.73. The lowest BCUT2D eigenvalue weighted by Crippen LogP contribution is -3.11. The lowest BCUT2D eigenvalue weighted by atomic mass is 10.0. The van der Waals surface area contributed by atoms with Crippen molar-refractivity contribution >= 4 is 11.6 Å². The van der Waals surface area contributed by atoms with Gasteiger partial charge in [-0.05, 0) is 24.3 Å². The molecular formula is C23H32N3O3+. The Labute approximate surface area is 173 Å². The van der Waals surface area contributed by atoms with Crippen LogP contribution < -0.4 is 24.6 Å². The molecule has 0 saturated carbocycles. The molecule has 6 heteroatoms. The van der Waals surface area contributed by atoms with E-state index in [-0.39, 0.29) is 18.6 Å². The van der Waals surface area contributed by atoms with Crippen molar-refractivity contribution in [1.82, 2.24) is 5.32 Å². The van der Waals surface area contributed by atoms with Gasteiger partial charge < -0.3 is 24.6 Å². The summed E-state index contributed by atoms with van der Waals surface area (Å²) >= 11 is 0. The van der Waals surface area contributed by atoms with E-state index in [4.69, 9.17) is 9.47 Å². The summed E-state index contributed by atoms with van der Waals surface area (Å²) in [5.41, 5.74) is 2.45. The SMILES string of the molecule is COc1cccc(OCC(=O)NC[C@H](c2ccc(N(C)C)cc2)[NH+]2CCCC2)c1. The van der Waals surface area contributed by atoms with Crippen molar-refractivity contribution in [2.75, 3.05) is 52.3 Å². The van der Waals surface area contributed by atoms with Gasteiger partial charge in [-0.15, -0.1) is 0 Å². The number of benzene rings is 2. The maximum atomic E-state index is 12.4. The van der Waals surface area contributed by atoms with Gasteiger partial charge in [0.1, 0.15) is 17.5 Å². The largest absolute Gasteiger partial charge is 0.497 e. The van der Waals surface area contributed by atoms with Gasteiger partial charge in [0, 0.05) is 44.3 Å². The van der Waals surface area contributed by atoms with E-state index in [1.54, 1.807) is 13.2 Å². The minimum absolute atomic E-state index is 0.00517. The highest BCUT2D eigenvalue weighted by Crippen LogP contribution is 2.19. The van der Waals surface area contributed by atoms with Gasteiger partial charge in [-0.3, -0.25) is 4.79 Å². The summed E-state index contributed by atoms with van der Waals surface area (Å²) in [5.74, 6) is 1.23. The average molecular weight is 399 g/mol. The monoisotopic (exact) mass is 398 g/mol. The van der Waals surface area contributed by atoms with Crippen molar-refractivity contribution < 1.29 is 19.2 Å². The third-order valence-corrected chi connectivity index (χ3v) is 5.46. The number of amides is 1. The molecule has 1 fully saturated rings. The summed E-state index contributed by atoms with van der Waals surface area (Å²) in [6.45, 7) is 2.90. The molecule has 0 aromatic heterocycles. The molecule has 1 heterocycles. The minimum atomic E-state index is -0.110. The van der Waals surface area contributed by atoms with Crippen LogP contribution in [0, 0.1) is 0 Å². The zero-order valence-electron chi connectivity index (χ0n) is 17.6. The van der Waals surface area contributed by atoms with E-state index >= 15 is 0 Å². The average Bonchev–Trinajstić information content (AvgIpc) is 3.27. The molecule has 2 aromatic rings. The van der Waals surface area contributed by atoms with E-state index in [1.807, 2.05) is 32.3 Å². The smallest absolute Gasteiger partial charge is 0.258 e. The maximum Gasteiger partial charge on any atom is 0.258 e. The molecule has 156 valence electrons. The second kappa shape index (κ2) is 10.2. The van der Waals surface area contributed by atoms with Gasteiger partial charge in [0.2, 0.25) is 0 Å². The molecule has 0 radical (unpaired) electrons. The lowest BCUT2D eigenvalue weighted by Gasteiger charge is -2.26. The van der Waals surface area contributed by atoms with Crippen molar-refractivity contribution in [1.29, 1.82) is 0 Å². The number of quaternary nitrogens is 1. The molecule has 29 heavy (non-hydrogen) atoms. The number of hydrogen-bond donors (Lipinski definition) is 2. The van der Waals surface area contributed by atoms with E-state index in [2.05, 4.69) is 34.5 Å². The number of nitrogens with zero attached hydrogens (tertiary/aromatic N) is 1. The molecule has 1 atom stereocenters. The molecule has 2 N–H and O–H groups in total. The van der Waals surface area contributed by atoms with Crippen LogP contribution in [0.2, 0.25) is 0 Å². The topological polar surface area (TPSA) is 55.2 Å². The highest BCUT2D eigenvalue weighted by Gasteiger charge is 2.27. The zero-order chi connectivity index (χ0) is 20.6. The number of likely N-dealkylation sites (tertiary alicyclic amines) is 1. The van der Waals surface area contributed by atoms with Crippen LogP contribution in [0.3, 0.4) is 0 Å². The van der Waals surface area contributed by atoms with Crippen molar-refractivity contribution in [2.24, 2.45) is 0 Å². The van der Waals surface area contributed by atoms with Crippen molar-refractivity contribution in [3.63, 3.8) is 0 Å². The van der Waals surface area contributed by atoms with Gasteiger partial charge in [-0.25, -0.2) is 0 Å². The van der Waals surface area contributed by atoms with Crippen molar-refractivity contribution in [2.45, 2.75) is 18.9 Å². The molecule has 3 rings (SSSR count). The number of ether oxygens (including phenoxy) is 2. The van der Waals surface area contributed by atoms with E-state index in [0.29, 0.717) is 18.0 Å². The third-order valence-electron chi connectivity index (χ3n) is 5.46. The van der Waals surface area contributed by atoms with Crippen molar-refractivity contribution in [3.8, 4) is 11.5 Å². The second-order valence-electron chi connectivity index (χ2n) is 7.68. The van der Waals surface area contributed by atoms with Crippen LogP contribution in [-0.2, 0) is 4.79 Å². The zero-order valence-corrected chi connectivity index (χ0v) is 17.6. The van der Waals surface area contributed by atoms with Gasteiger partial charge in [-0.1, -0.05) is 18.2 Å². The third kappa shape index (κ3) is 5.87. The van der Waals surface area contributed by atoms with Crippen molar-refractivity contribution in [3.05, 3.63) is 54.1 Å². The first-order valence-corrected chi connectivity index (χ1v) is 10.2. The predicted molar refractivity (Wildman–Crippen MR) is 115 cm³/mol. The molecule has 1 aliphatic rings. The fourth-order valence-electron chi connectivity index (χ4n) is 3.79. The summed E-state index contributed by atoms with van der Waals surface area (Å²) in [4.78, 5) is 16.0. The van der Waals surface area contributed by atoms with Crippen LogP contribution in [0.5, 0.6) is 11.5 Å². The number of methoxy groups -OCH3 is 1. The minimum Gasteiger partial charge on any atom is -0.497 e. The van der Waals surface area contributed by atoms with E-state index in [1.165, 1.54) is 29.0 Å². The van der Waals surface area contributed by atoms with Gasteiger partial charge in [0.15, 0.2) is 6.61 Å². The molecule has 6 nitrogen and oxygen atoms in total. The summed E-state index contributed by atoms with van der Waals surface area (Å²) < 4.78 is 10.8. The summed E-state index contributed by atoms with van der Waals surface area (Å²) in [6, 6.07) is 16.2. The van der Waals surface area contributed by atoms with Crippen LogP contribution >= 0.6 is 0 Å². The first kappa shape index (κ1) is 21.0. The van der Waals surface area contributed by atoms with Gasteiger partial charge >= 0.3 is 0 Å². The molecule has 0 aliphatic carbocycles. The Balaban J connectivity index is 1.58. The Morgan fingerprint density at radius 2 is 1.79 bits per heavy atom. The summed E-state index contributed by atoms with van der Waals surface area (Å²) in [7, 11) is 5.69. The Kier molecular flexibility index (Phi) is 7.36. The Morgan fingerprint density at radius 3 is 2.45 bits per heavy atom. The lowest BCUT2D eigenvalue weighted by molar-refractivity contribution is -0.918. The number of carbonyl (C=O) groups excluding carboxylic acids is 1. The van der Waals surface area contributed by atoms with Crippen LogP contribution in [0.4, 0.5) is 5.69 Å². The van der Waals surface area contributed by atoms with Gasteiger partial charge in [0.05, 0.1) is 26.7 Å². The molecule has 1 aliphatic heterocycles. The van der Waals surface area contributed by atoms with E-state index < -0.39 is 0 Å². The number of hydrogen-bond acceptors (Lipinski definition) is 4. The van der Waals surface area contributed by atoms with Gasteiger partial charge in [0.25, 0.3) is 5.91 Å². The normalized spacial score (nSPS) is 15.0. The Bertz CT molecular complexity index is 786. The van der Waals surface area contributed by atoms with Crippen LogP contribution in [0.1, 0.15) is 24.4 Å². The predicted octanol–water partition coefficient (Wildman–Crippen LogP) is 1.68. The molecule has 0 unspecified atom stereocenters. The molecule has 1 saturated heterocycles. The van der Waals surface area contributed by atoms with Crippen LogP contribution in [0.25, 0.3) is 0 Å². The quantitative estimate of drug-likeness (QED) is 0.675. The highest BCUT2D eigenvalue weighted by atomic mass is 16.5. The Morgan fingerprint density at radius 1 is 1.10 bits per heavy atom. The second-order valence-corrected chi connectivity index (χ2v) is 7.68. The first-order valence-electron chi connectivity index (χ1n) is 10.2. The van der Waals surface area contributed by atoms with Gasteiger partial charge in [-0.2, -0.15) is 0 Å². The van der Waals surface area contributed by atoms with E-state index in [9.17, 15) is 4.79 Å². The maximum absolute atomic E-state index is 12.4. The molecule has 1 amide bonds.